The fourth-order valence-corrected chi connectivity index (χ4v) is 7.11. The molecule has 11 heteroatoms. The van der Waals surface area contributed by atoms with Crippen LogP contribution in [0.3, 0.4) is 0 Å². The van der Waals surface area contributed by atoms with Crippen molar-refractivity contribution in [3.8, 4) is 0 Å². The van der Waals surface area contributed by atoms with Crippen molar-refractivity contribution in [1.29, 1.82) is 0 Å². The summed E-state index contributed by atoms with van der Waals surface area (Å²) in [7, 11) is -4.63. The summed E-state index contributed by atoms with van der Waals surface area (Å²) in [6.07, 6.45) is 50.5. The van der Waals surface area contributed by atoms with Crippen molar-refractivity contribution in [2.24, 2.45) is 0 Å². The summed E-state index contributed by atoms with van der Waals surface area (Å²) in [6, 6.07) is 0. The highest BCUT2D eigenvalue weighted by Crippen LogP contribution is 2.43. The smallest absolute Gasteiger partial charge is 0.462 e. The molecule has 1 unspecified atom stereocenters. The standard InChI is InChI=1S/C49H87O10P/c1-3-5-7-9-11-13-15-17-19-21-22-23-25-27-29-31-33-35-37-39-41-49(53)59-47(45-58-60(54,55)57-43-46(51)42-50)44-56-48(52)40-38-36-34-32-30-28-26-24-20-18-16-14-12-10-8-6-4-2/h6,8,12,14,18,20,26,28,32,34,46-47,50-51H,3-5,7,9-11,13,15-17,19,21-25,27,29-31,33,35-45H2,1-2H3,(H,54,55)/b8-6+,14-12+,20-18+,28-26+,34-32+/t46-,47+/m0/s1. The van der Waals surface area contributed by atoms with Crippen molar-refractivity contribution in [2.75, 3.05) is 26.4 Å². The first kappa shape index (κ1) is 57.7. The lowest BCUT2D eigenvalue weighted by molar-refractivity contribution is -0.161. The second kappa shape index (κ2) is 44.7. The zero-order valence-electron chi connectivity index (χ0n) is 37.9. The number of rotatable bonds is 44. The van der Waals surface area contributed by atoms with Crippen LogP contribution in [0, 0.1) is 0 Å². The van der Waals surface area contributed by atoms with Crippen LogP contribution in [0.25, 0.3) is 0 Å². The Bertz CT molecular complexity index is 1180. The Kier molecular flexibility index (Phi) is 43.0. The lowest BCUT2D eigenvalue weighted by atomic mass is 10.0. The van der Waals surface area contributed by atoms with Crippen LogP contribution < -0.4 is 0 Å². The van der Waals surface area contributed by atoms with Crippen LogP contribution in [0.1, 0.15) is 200 Å². The largest absolute Gasteiger partial charge is 0.472 e. The maximum atomic E-state index is 12.7. The van der Waals surface area contributed by atoms with Crippen LogP contribution in [0.15, 0.2) is 60.8 Å². The van der Waals surface area contributed by atoms with Gasteiger partial charge in [0.25, 0.3) is 0 Å². The number of phosphoric acid groups is 1. The maximum Gasteiger partial charge on any atom is 0.472 e. The fraction of sp³-hybridized carbons (Fsp3) is 0.755. The Balaban J connectivity index is 4.29. The van der Waals surface area contributed by atoms with Crippen LogP contribution in [0.5, 0.6) is 0 Å². The fourth-order valence-electron chi connectivity index (χ4n) is 6.32. The highest BCUT2D eigenvalue weighted by atomic mass is 31.2. The van der Waals surface area contributed by atoms with E-state index in [0.717, 1.165) is 51.4 Å². The van der Waals surface area contributed by atoms with Gasteiger partial charge in [0.1, 0.15) is 12.7 Å². The minimum Gasteiger partial charge on any atom is -0.462 e. The number of carbonyl (C=O) groups is 2. The lowest BCUT2D eigenvalue weighted by Gasteiger charge is -2.20. The van der Waals surface area contributed by atoms with Gasteiger partial charge in [-0.3, -0.25) is 18.6 Å². The summed E-state index contributed by atoms with van der Waals surface area (Å²) >= 11 is 0. The Hall–Kier alpha value is -2.33. The second-order valence-corrected chi connectivity index (χ2v) is 17.2. The van der Waals surface area contributed by atoms with E-state index in [1.165, 1.54) is 103 Å². The van der Waals surface area contributed by atoms with Crippen LogP contribution in [-0.2, 0) is 32.7 Å². The van der Waals surface area contributed by atoms with Gasteiger partial charge >= 0.3 is 19.8 Å². The lowest BCUT2D eigenvalue weighted by Crippen LogP contribution is -2.29. The minimum absolute atomic E-state index is 0.163. The predicted molar refractivity (Wildman–Crippen MR) is 247 cm³/mol. The van der Waals surface area contributed by atoms with Crippen molar-refractivity contribution < 1.29 is 47.8 Å². The summed E-state index contributed by atoms with van der Waals surface area (Å²) in [6.45, 7) is 2.22. The number of phosphoric ester groups is 1. The molecule has 0 aliphatic heterocycles. The van der Waals surface area contributed by atoms with E-state index in [0.29, 0.717) is 19.3 Å². The molecule has 0 spiro atoms. The maximum absolute atomic E-state index is 12.7. The van der Waals surface area contributed by atoms with E-state index in [9.17, 15) is 24.2 Å². The van der Waals surface area contributed by atoms with Gasteiger partial charge in [-0.1, -0.05) is 197 Å². The van der Waals surface area contributed by atoms with Gasteiger partial charge in [0.05, 0.1) is 19.8 Å². The molecule has 0 radical (unpaired) electrons. The molecule has 348 valence electrons. The highest BCUT2D eigenvalue weighted by Gasteiger charge is 2.27. The quantitative estimate of drug-likeness (QED) is 0.0234. The molecule has 3 atom stereocenters. The first-order valence-corrected chi connectivity index (χ1v) is 25.2. The van der Waals surface area contributed by atoms with Gasteiger partial charge in [-0.05, 0) is 51.4 Å². The van der Waals surface area contributed by atoms with E-state index in [2.05, 4.69) is 68.5 Å². The van der Waals surface area contributed by atoms with Crippen molar-refractivity contribution in [3.63, 3.8) is 0 Å². The van der Waals surface area contributed by atoms with Gasteiger partial charge in [0.15, 0.2) is 6.10 Å². The number of aliphatic hydroxyl groups is 2. The van der Waals surface area contributed by atoms with Crippen molar-refractivity contribution in [3.05, 3.63) is 60.8 Å². The number of ether oxygens (including phenoxy) is 2. The van der Waals surface area contributed by atoms with Crippen molar-refractivity contribution >= 4 is 19.8 Å². The van der Waals surface area contributed by atoms with Gasteiger partial charge in [-0.25, -0.2) is 4.57 Å². The molecule has 0 aromatic carbocycles. The molecule has 0 saturated carbocycles. The Morgan fingerprint density at radius 1 is 0.517 bits per heavy atom. The summed E-state index contributed by atoms with van der Waals surface area (Å²) in [5.41, 5.74) is 0. The molecule has 10 nitrogen and oxygen atoms in total. The van der Waals surface area contributed by atoms with Crippen LogP contribution >= 0.6 is 7.82 Å². The zero-order chi connectivity index (χ0) is 44.0. The highest BCUT2D eigenvalue weighted by molar-refractivity contribution is 7.47. The summed E-state index contributed by atoms with van der Waals surface area (Å²) < 4.78 is 32.7. The van der Waals surface area contributed by atoms with Gasteiger partial charge in [-0.15, -0.1) is 0 Å². The Morgan fingerprint density at radius 2 is 0.917 bits per heavy atom. The molecule has 3 N–H and O–H groups in total. The number of allylic oxidation sites excluding steroid dienone is 10. The van der Waals surface area contributed by atoms with Gasteiger partial charge in [0, 0.05) is 12.8 Å². The normalized spacial score (nSPS) is 14.3. The number of hydrogen-bond donors (Lipinski definition) is 3. The third kappa shape index (κ3) is 43.7. The molecule has 0 aliphatic rings. The third-order valence-electron chi connectivity index (χ3n) is 9.94. The van der Waals surface area contributed by atoms with Gasteiger partial charge in [-0.2, -0.15) is 0 Å². The summed E-state index contributed by atoms with van der Waals surface area (Å²) in [4.78, 5) is 35.1. The first-order chi connectivity index (χ1) is 29.2. The number of unbranched alkanes of at least 4 members (excludes halogenated alkanes) is 20. The SMILES string of the molecule is CC/C=C/C/C=C/C/C=C/C/C=C/C/C=C/CCCC(=O)OC[C@H](COP(=O)(O)OC[C@@H](O)CO)OC(=O)CCCCCCCCCCCCCCCCCCCCCC. The number of esters is 2. The third-order valence-corrected chi connectivity index (χ3v) is 10.9. The van der Waals surface area contributed by atoms with Gasteiger partial charge < -0.3 is 24.6 Å². The molecule has 0 bridgehead atoms. The van der Waals surface area contributed by atoms with E-state index < -0.39 is 51.8 Å². The zero-order valence-corrected chi connectivity index (χ0v) is 38.8. The molecule has 0 fully saturated rings. The minimum atomic E-state index is -4.63. The number of aliphatic hydroxyl groups excluding tert-OH is 2. The van der Waals surface area contributed by atoms with Crippen molar-refractivity contribution in [2.45, 2.75) is 212 Å². The molecular weight excluding hydrogens is 780 g/mol. The van der Waals surface area contributed by atoms with Crippen LogP contribution in [0.4, 0.5) is 0 Å². The Morgan fingerprint density at radius 3 is 1.37 bits per heavy atom. The van der Waals surface area contributed by atoms with E-state index >= 15 is 0 Å². The number of hydrogen-bond acceptors (Lipinski definition) is 9. The van der Waals surface area contributed by atoms with Crippen LogP contribution in [0.2, 0.25) is 0 Å². The number of carbonyl (C=O) groups excluding carboxylic acids is 2. The first-order valence-electron chi connectivity index (χ1n) is 23.7. The van der Waals surface area contributed by atoms with E-state index in [1.807, 2.05) is 6.08 Å². The van der Waals surface area contributed by atoms with E-state index in [1.54, 1.807) is 0 Å². The van der Waals surface area contributed by atoms with Crippen LogP contribution in [-0.4, -0.2) is 65.7 Å². The second-order valence-electron chi connectivity index (χ2n) is 15.8. The summed E-state index contributed by atoms with van der Waals surface area (Å²) in [5, 5.41) is 18.4. The molecule has 60 heavy (non-hydrogen) atoms. The average molecular weight is 867 g/mol. The molecule has 0 aromatic heterocycles. The average Bonchev–Trinajstić information content (AvgIpc) is 3.24. The topological polar surface area (TPSA) is 149 Å². The monoisotopic (exact) mass is 867 g/mol. The van der Waals surface area contributed by atoms with Crippen molar-refractivity contribution in [1.82, 2.24) is 0 Å². The Labute approximate surface area is 366 Å². The molecular formula is C49H87O10P. The molecule has 0 rings (SSSR count). The molecule has 0 saturated heterocycles. The molecule has 0 aromatic rings. The van der Waals surface area contributed by atoms with Gasteiger partial charge in [0.2, 0.25) is 0 Å². The predicted octanol–water partition coefficient (Wildman–Crippen LogP) is 13.1. The van der Waals surface area contributed by atoms with E-state index in [4.69, 9.17) is 23.6 Å². The molecule has 0 aliphatic carbocycles. The molecule has 0 amide bonds. The summed E-state index contributed by atoms with van der Waals surface area (Å²) in [5.74, 6) is -0.989. The molecule has 0 heterocycles. The van der Waals surface area contributed by atoms with E-state index in [-0.39, 0.29) is 19.4 Å².